The maximum Gasteiger partial charge on any atom is 0.326 e. The highest BCUT2D eigenvalue weighted by Crippen LogP contribution is 2.15. The van der Waals surface area contributed by atoms with E-state index >= 15 is 0 Å². The zero-order valence-corrected chi connectivity index (χ0v) is 11.8. The number of carbonyl (C=O) groups excluding carboxylic acids is 1. The van der Waals surface area contributed by atoms with E-state index in [4.69, 9.17) is 5.11 Å². The van der Waals surface area contributed by atoms with Crippen molar-refractivity contribution in [2.24, 2.45) is 5.92 Å². The minimum Gasteiger partial charge on any atom is -0.480 e. The fourth-order valence-electron chi connectivity index (χ4n) is 2.49. The molecule has 0 radical (unpaired) electrons. The third-order valence-corrected chi connectivity index (χ3v) is 3.47. The van der Waals surface area contributed by atoms with Crippen LogP contribution < -0.4 is 10.6 Å². The van der Waals surface area contributed by atoms with Gasteiger partial charge in [-0.15, -0.1) is 0 Å². The second-order valence-corrected chi connectivity index (χ2v) is 5.14. The number of hydrogen-bond donors (Lipinski definition) is 3. The first-order valence-electron chi connectivity index (χ1n) is 7.01. The fourth-order valence-corrected chi connectivity index (χ4v) is 2.49. The van der Waals surface area contributed by atoms with Crippen LogP contribution in [0.4, 0.5) is 4.79 Å². The Morgan fingerprint density at radius 1 is 1.47 bits per heavy atom. The summed E-state index contributed by atoms with van der Waals surface area (Å²) in [6.07, 6.45) is 3.29. The van der Waals surface area contributed by atoms with Crippen LogP contribution in [0, 0.1) is 5.92 Å². The molecule has 6 nitrogen and oxygen atoms in total. The number of rotatable bonds is 6. The van der Waals surface area contributed by atoms with Crippen molar-refractivity contribution in [1.82, 2.24) is 15.5 Å². The maximum absolute atomic E-state index is 12.1. The van der Waals surface area contributed by atoms with Crippen LogP contribution in [-0.2, 0) is 4.79 Å². The summed E-state index contributed by atoms with van der Waals surface area (Å²) in [4.78, 5) is 24.8. The van der Waals surface area contributed by atoms with E-state index < -0.39 is 12.0 Å². The molecule has 2 unspecified atom stereocenters. The summed E-state index contributed by atoms with van der Waals surface area (Å²) in [5.41, 5.74) is 0. The Morgan fingerprint density at radius 3 is 2.79 bits per heavy atom. The van der Waals surface area contributed by atoms with Gasteiger partial charge in [0, 0.05) is 13.1 Å². The van der Waals surface area contributed by atoms with Gasteiger partial charge in [0.1, 0.15) is 6.04 Å². The first-order chi connectivity index (χ1) is 9.08. The predicted molar refractivity (Wildman–Crippen MR) is 73.1 cm³/mol. The average molecular weight is 271 g/mol. The Morgan fingerprint density at radius 2 is 2.21 bits per heavy atom. The van der Waals surface area contributed by atoms with Crippen molar-refractivity contribution in [2.45, 2.75) is 38.6 Å². The Balaban J connectivity index is 2.49. The molecular formula is C13H25N3O3. The largest absolute Gasteiger partial charge is 0.480 e. The third kappa shape index (κ3) is 5.06. The number of carboxylic acids is 1. The molecule has 110 valence electrons. The van der Waals surface area contributed by atoms with Gasteiger partial charge in [-0.3, -0.25) is 0 Å². The van der Waals surface area contributed by atoms with Crippen LogP contribution in [0.3, 0.4) is 0 Å². The molecule has 2 amide bonds. The van der Waals surface area contributed by atoms with Crippen LogP contribution in [0.15, 0.2) is 0 Å². The number of nitrogens with zero attached hydrogens (tertiary/aromatic N) is 1. The summed E-state index contributed by atoms with van der Waals surface area (Å²) in [5, 5.41) is 14.8. The minimum absolute atomic E-state index is 0.248. The van der Waals surface area contributed by atoms with E-state index in [1.54, 1.807) is 4.90 Å². The number of hydrogen-bond acceptors (Lipinski definition) is 3. The van der Waals surface area contributed by atoms with Gasteiger partial charge in [-0.25, -0.2) is 9.59 Å². The fraction of sp³-hybridized carbons (Fsp3) is 0.846. The molecule has 0 aliphatic carbocycles. The summed E-state index contributed by atoms with van der Waals surface area (Å²) in [6, 6.07) is -1.02. The topological polar surface area (TPSA) is 81.7 Å². The van der Waals surface area contributed by atoms with Crippen molar-refractivity contribution < 1.29 is 14.7 Å². The lowest BCUT2D eigenvalue weighted by Gasteiger charge is -2.33. The molecule has 0 saturated carbocycles. The molecule has 0 aromatic heterocycles. The zero-order chi connectivity index (χ0) is 14.3. The second kappa shape index (κ2) is 7.99. The summed E-state index contributed by atoms with van der Waals surface area (Å²) < 4.78 is 0. The van der Waals surface area contributed by atoms with Crippen LogP contribution >= 0.6 is 0 Å². The molecule has 3 N–H and O–H groups in total. The molecule has 6 heteroatoms. The van der Waals surface area contributed by atoms with Gasteiger partial charge in [-0.05, 0) is 38.8 Å². The molecule has 1 saturated heterocycles. The van der Waals surface area contributed by atoms with Crippen molar-refractivity contribution in [2.75, 3.05) is 26.7 Å². The van der Waals surface area contributed by atoms with Crippen LogP contribution in [0.1, 0.15) is 32.6 Å². The van der Waals surface area contributed by atoms with Crippen LogP contribution in [0.5, 0.6) is 0 Å². The van der Waals surface area contributed by atoms with E-state index in [0.29, 0.717) is 25.4 Å². The summed E-state index contributed by atoms with van der Waals surface area (Å²) in [6.45, 7) is 4.21. The molecule has 0 bridgehead atoms. The number of carbonyl (C=O) groups is 2. The number of carboxylic acid groups (broad SMARTS) is 1. The van der Waals surface area contributed by atoms with E-state index in [1.807, 2.05) is 14.0 Å². The lowest BCUT2D eigenvalue weighted by Crippen LogP contribution is -2.51. The van der Waals surface area contributed by atoms with Crippen LogP contribution in [0.2, 0.25) is 0 Å². The lowest BCUT2D eigenvalue weighted by molar-refractivity contribution is -0.139. The molecule has 1 fully saturated rings. The van der Waals surface area contributed by atoms with Crippen LogP contribution in [-0.4, -0.2) is 54.7 Å². The van der Waals surface area contributed by atoms with E-state index in [1.165, 1.54) is 0 Å². The van der Waals surface area contributed by atoms with Gasteiger partial charge in [0.2, 0.25) is 0 Å². The second-order valence-electron chi connectivity index (χ2n) is 5.14. The number of nitrogens with one attached hydrogen (secondary N) is 2. The minimum atomic E-state index is -0.959. The van der Waals surface area contributed by atoms with E-state index in [0.717, 1.165) is 25.8 Å². The Kier molecular flexibility index (Phi) is 6.62. The molecule has 0 aromatic rings. The molecule has 0 aromatic carbocycles. The Labute approximate surface area is 114 Å². The van der Waals surface area contributed by atoms with Gasteiger partial charge in [-0.1, -0.05) is 13.3 Å². The number of likely N-dealkylation sites (tertiary alicyclic amines) is 1. The van der Waals surface area contributed by atoms with Crippen molar-refractivity contribution in [3.63, 3.8) is 0 Å². The zero-order valence-electron chi connectivity index (χ0n) is 11.8. The summed E-state index contributed by atoms with van der Waals surface area (Å²) in [5.74, 6) is -0.502. The normalized spacial score (nSPS) is 20.9. The summed E-state index contributed by atoms with van der Waals surface area (Å²) in [7, 11) is 1.90. The Bertz CT molecular complexity index is 308. The molecule has 1 heterocycles. The van der Waals surface area contributed by atoms with Crippen LogP contribution in [0.25, 0.3) is 0 Å². The van der Waals surface area contributed by atoms with E-state index in [-0.39, 0.29) is 6.03 Å². The smallest absolute Gasteiger partial charge is 0.326 e. The monoisotopic (exact) mass is 271 g/mol. The third-order valence-electron chi connectivity index (χ3n) is 3.47. The predicted octanol–water partition coefficient (Wildman–Crippen LogP) is 0.881. The highest BCUT2D eigenvalue weighted by molar-refractivity contribution is 5.82. The van der Waals surface area contributed by atoms with Crippen molar-refractivity contribution in [1.29, 1.82) is 0 Å². The van der Waals surface area contributed by atoms with Gasteiger partial charge >= 0.3 is 12.0 Å². The standard InChI is InChI=1S/C13H25N3O3/c1-3-5-11(12(17)18)15-13(19)16-7-4-6-10(9-16)8-14-2/h10-11,14H,3-9H2,1-2H3,(H,15,19)(H,17,18). The maximum atomic E-state index is 12.1. The average Bonchev–Trinajstić information content (AvgIpc) is 2.38. The first kappa shape index (κ1) is 15.8. The van der Waals surface area contributed by atoms with Crippen molar-refractivity contribution in [3.8, 4) is 0 Å². The molecule has 2 atom stereocenters. The number of aliphatic carboxylic acids is 1. The first-order valence-corrected chi connectivity index (χ1v) is 7.01. The van der Waals surface area contributed by atoms with Crippen molar-refractivity contribution >= 4 is 12.0 Å². The number of amides is 2. The van der Waals surface area contributed by atoms with Gasteiger partial charge in [0.25, 0.3) is 0 Å². The quantitative estimate of drug-likeness (QED) is 0.670. The summed E-state index contributed by atoms with van der Waals surface area (Å²) >= 11 is 0. The highest BCUT2D eigenvalue weighted by Gasteiger charge is 2.26. The van der Waals surface area contributed by atoms with Crippen molar-refractivity contribution in [3.05, 3.63) is 0 Å². The van der Waals surface area contributed by atoms with Gasteiger partial charge in [0.05, 0.1) is 0 Å². The number of piperidine rings is 1. The molecular weight excluding hydrogens is 246 g/mol. The number of urea groups is 1. The molecule has 1 aliphatic rings. The SMILES string of the molecule is CCCC(NC(=O)N1CCCC(CNC)C1)C(=O)O. The van der Waals surface area contributed by atoms with Gasteiger partial charge in [-0.2, -0.15) is 0 Å². The molecule has 0 spiro atoms. The van der Waals surface area contributed by atoms with E-state index in [2.05, 4.69) is 10.6 Å². The lowest BCUT2D eigenvalue weighted by atomic mass is 9.98. The molecule has 1 rings (SSSR count). The molecule has 1 aliphatic heterocycles. The van der Waals surface area contributed by atoms with E-state index in [9.17, 15) is 9.59 Å². The van der Waals surface area contributed by atoms with Gasteiger partial charge in [0.15, 0.2) is 0 Å². The Hall–Kier alpha value is -1.30. The van der Waals surface area contributed by atoms with Gasteiger partial charge < -0.3 is 20.6 Å². The molecule has 19 heavy (non-hydrogen) atoms. The highest BCUT2D eigenvalue weighted by atomic mass is 16.4.